The van der Waals surface area contributed by atoms with Crippen LogP contribution in [0.5, 0.6) is 0 Å². The first kappa shape index (κ1) is 13.8. The summed E-state index contributed by atoms with van der Waals surface area (Å²) in [7, 11) is 3.48. The molecule has 1 heterocycles. The highest BCUT2D eigenvalue weighted by atomic mass is 16.2. The number of rotatable bonds is 3. The van der Waals surface area contributed by atoms with Crippen molar-refractivity contribution >= 4 is 11.9 Å². The molecular formula is C11H22N4O2. The van der Waals surface area contributed by atoms with Crippen LogP contribution in [0.1, 0.15) is 6.92 Å². The molecule has 6 heteroatoms. The summed E-state index contributed by atoms with van der Waals surface area (Å²) < 4.78 is 0. The number of piperazine rings is 1. The molecule has 0 aromatic heterocycles. The summed E-state index contributed by atoms with van der Waals surface area (Å²) >= 11 is 0. The second-order valence-corrected chi connectivity index (χ2v) is 4.33. The van der Waals surface area contributed by atoms with Crippen molar-refractivity contribution < 1.29 is 9.59 Å². The first-order valence-electron chi connectivity index (χ1n) is 6.01. The zero-order valence-electron chi connectivity index (χ0n) is 10.9. The third-order valence-electron chi connectivity index (χ3n) is 2.81. The summed E-state index contributed by atoms with van der Waals surface area (Å²) in [6.07, 6.45) is 0. The maximum Gasteiger partial charge on any atom is 0.319 e. The number of hydrogen-bond donors (Lipinski definition) is 1. The Balaban J connectivity index is 2.35. The largest absolute Gasteiger partial charge is 0.338 e. The number of urea groups is 1. The summed E-state index contributed by atoms with van der Waals surface area (Å²) in [5.41, 5.74) is 0. The van der Waals surface area contributed by atoms with E-state index < -0.39 is 0 Å². The van der Waals surface area contributed by atoms with Crippen LogP contribution < -0.4 is 5.32 Å². The average Bonchev–Trinajstić information content (AvgIpc) is 2.35. The van der Waals surface area contributed by atoms with E-state index in [2.05, 4.69) is 5.32 Å². The van der Waals surface area contributed by atoms with Gasteiger partial charge >= 0.3 is 6.03 Å². The van der Waals surface area contributed by atoms with Gasteiger partial charge in [-0.25, -0.2) is 4.79 Å². The number of nitrogens with zero attached hydrogens (tertiary/aromatic N) is 3. The fourth-order valence-corrected chi connectivity index (χ4v) is 1.77. The molecular weight excluding hydrogens is 220 g/mol. The lowest BCUT2D eigenvalue weighted by molar-refractivity contribution is -0.131. The van der Waals surface area contributed by atoms with E-state index in [0.29, 0.717) is 32.7 Å². The second kappa shape index (κ2) is 6.44. The first-order valence-corrected chi connectivity index (χ1v) is 6.01. The third kappa shape index (κ3) is 3.89. The van der Waals surface area contributed by atoms with Gasteiger partial charge in [-0.05, 0) is 6.54 Å². The van der Waals surface area contributed by atoms with E-state index in [0.717, 1.165) is 6.54 Å². The molecule has 3 amide bonds. The maximum atomic E-state index is 11.7. The van der Waals surface area contributed by atoms with Crippen molar-refractivity contribution in [2.45, 2.75) is 6.92 Å². The molecule has 0 aromatic rings. The standard InChI is InChI=1S/C11H22N4O2/c1-4-12-9-10(16)14-5-7-15(8-6-14)11(17)13(2)3/h12H,4-9H2,1-3H3. The van der Waals surface area contributed by atoms with Crippen molar-refractivity contribution in [1.29, 1.82) is 0 Å². The van der Waals surface area contributed by atoms with Crippen molar-refractivity contribution in [3.63, 3.8) is 0 Å². The van der Waals surface area contributed by atoms with Gasteiger partial charge in [0.05, 0.1) is 6.54 Å². The minimum atomic E-state index is 0.0174. The van der Waals surface area contributed by atoms with Crippen molar-refractivity contribution in [3.05, 3.63) is 0 Å². The van der Waals surface area contributed by atoms with Gasteiger partial charge in [0.2, 0.25) is 5.91 Å². The van der Waals surface area contributed by atoms with Gasteiger partial charge in [0, 0.05) is 40.3 Å². The smallest absolute Gasteiger partial charge is 0.319 e. The van der Waals surface area contributed by atoms with Crippen LogP contribution in [0.2, 0.25) is 0 Å². The number of carbonyl (C=O) groups excluding carboxylic acids is 2. The molecule has 0 aromatic carbocycles. The van der Waals surface area contributed by atoms with Gasteiger partial charge in [-0.1, -0.05) is 6.92 Å². The zero-order valence-corrected chi connectivity index (χ0v) is 10.9. The van der Waals surface area contributed by atoms with Crippen LogP contribution >= 0.6 is 0 Å². The zero-order chi connectivity index (χ0) is 12.8. The Morgan fingerprint density at radius 1 is 1.12 bits per heavy atom. The molecule has 1 aliphatic heterocycles. The minimum absolute atomic E-state index is 0.0174. The minimum Gasteiger partial charge on any atom is -0.338 e. The molecule has 0 unspecified atom stereocenters. The van der Waals surface area contributed by atoms with E-state index in [-0.39, 0.29) is 11.9 Å². The molecule has 98 valence electrons. The molecule has 6 nitrogen and oxygen atoms in total. The Bertz CT molecular complexity index is 273. The lowest BCUT2D eigenvalue weighted by Crippen LogP contribution is -2.54. The Labute approximate surface area is 103 Å². The topological polar surface area (TPSA) is 55.9 Å². The van der Waals surface area contributed by atoms with Crippen LogP contribution in [0.25, 0.3) is 0 Å². The maximum absolute atomic E-state index is 11.7. The summed E-state index contributed by atoms with van der Waals surface area (Å²) in [5.74, 6) is 0.115. The lowest BCUT2D eigenvalue weighted by atomic mass is 10.3. The van der Waals surface area contributed by atoms with Crippen LogP contribution in [0, 0.1) is 0 Å². The van der Waals surface area contributed by atoms with Crippen molar-refractivity contribution in [2.24, 2.45) is 0 Å². The molecule has 0 saturated carbocycles. The summed E-state index contributed by atoms with van der Waals surface area (Å²) in [6.45, 7) is 5.65. The molecule has 0 spiro atoms. The van der Waals surface area contributed by atoms with E-state index in [4.69, 9.17) is 0 Å². The molecule has 1 saturated heterocycles. The van der Waals surface area contributed by atoms with E-state index in [1.54, 1.807) is 23.9 Å². The third-order valence-corrected chi connectivity index (χ3v) is 2.81. The van der Waals surface area contributed by atoms with Gasteiger partial charge in [-0.2, -0.15) is 0 Å². The Morgan fingerprint density at radius 3 is 2.12 bits per heavy atom. The Morgan fingerprint density at radius 2 is 1.65 bits per heavy atom. The summed E-state index contributed by atoms with van der Waals surface area (Å²) in [6, 6.07) is 0.0174. The molecule has 0 atom stereocenters. The van der Waals surface area contributed by atoms with Crippen LogP contribution in [0.4, 0.5) is 4.79 Å². The van der Waals surface area contributed by atoms with Gasteiger partial charge in [-0.3, -0.25) is 4.79 Å². The second-order valence-electron chi connectivity index (χ2n) is 4.33. The monoisotopic (exact) mass is 242 g/mol. The van der Waals surface area contributed by atoms with Gasteiger partial charge < -0.3 is 20.0 Å². The SMILES string of the molecule is CCNCC(=O)N1CCN(C(=O)N(C)C)CC1. The van der Waals surface area contributed by atoms with E-state index in [9.17, 15) is 9.59 Å². The molecule has 1 fully saturated rings. The van der Waals surface area contributed by atoms with E-state index >= 15 is 0 Å². The van der Waals surface area contributed by atoms with E-state index in [1.807, 2.05) is 11.8 Å². The number of carbonyl (C=O) groups is 2. The van der Waals surface area contributed by atoms with Gasteiger partial charge in [0.25, 0.3) is 0 Å². The van der Waals surface area contributed by atoms with Crippen LogP contribution in [-0.2, 0) is 4.79 Å². The summed E-state index contributed by atoms with van der Waals surface area (Å²) in [4.78, 5) is 28.5. The fourth-order valence-electron chi connectivity index (χ4n) is 1.77. The Hall–Kier alpha value is -1.30. The highest BCUT2D eigenvalue weighted by Crippen LogP contribution is 2.04. The van der Waals surface area contributed by atoms with Crippen LogP contribution in [0.15, 0.2) is 0 Å². The quantitative estimate of drug-likeness (QED) is 0.720. The highest BCUT2D eigenvalue weighted by Gasteiger charge is 2.24. The number of hydrogen-bond acceptors (Lipinski definition) is 3. The van der Waals surface area contributed by atoms with Gasteiger partial charge in [0.1, 0.15) is 0 Å². The van der Waals surface area contributed by atoms with Crippen molar-refractivity contribution in [3.8, 4) is 0 Å². The van der Waals surface area contributed by atoms with Crippen LogP contribution in [-0.4, -0.2) is 80.0 Å². The van der Waals surface area contributed by atoms with E-state index in [1.165, 1.54) is 0 Å². The lowest BCUT2D eigenvalue weighted by Gasteiger charge is -2.36. The highest BCUT2D eigenvalue weighted by molar-refractivity contribution is 5.79. The number of likely N-dealkylation sites (N-methyl/N-ethyl adjacent to an activating group) is 1. The normalized spacial score (nSPS) is 15.9. The predicted molar refractivity (Wildman–Crippen MR) is 65.8 cm³/mol. The molecule has 1 N–H and O–H groups in total. The molecule has 17 heavy (non-hydrogen) atoms. The number of nitrogens with one attached hydrogen (secondary N) is 1. The molecule has 1 rings (SSSR count). The first-order chi connectivity index (χ1) is 8.06. The van der Waals surface area contributed by atoms with Crippen LogP contribution in [0.3, 0.4) is 0 Å². The summed E-state index contributed by atoms with van der Waals surface area (Å²) in [5, 5.41) is 3.02. The predicted octanol–water partition coefficient (Wildman–Crippen LogP) is -0.578. The molecule has 1 aliphatic rings. The fraction of sp³-hybridized carbons (Fsp3) is 0.818. The Kier molecular flexibility index (Phi) is 5.21. The molecule has 0 radical (unpaired) electrons. The van der Waals surface area contributed by atoms with Gasteiger partial charge in [-0.15, -0.1) is 0 Å². The average molecular weight is 242 g/mol. The van der Waals surface area contributed by atoms with Gasteiger partial charge in [0.15, 0.2) is 0 Å². The molecule has 0 aliphatic carbocycles. The molecule has 0 bridgehead atoms. The van der Waals surface area contributed by atoms with Crippen molar-refractivity contribution in [2.75, 3.05) is 53.4 Å². The van der Waals surface area contributed by atoms with Crippen molar-refractivity contribution in [1.82, 2.24) is 20.0 Å². The number of amides is 3.